The van der Waals surface area contributed by atoms with Crippen molar-refractivity contribution in [2.75, 3.05) is 19.8 Å². The number of alkyl carbamates (subject to hydrolysis) is 1. The zero-order chi connectivity index (χ0) is 17.0. The van der Waals surface area contributed by atoms with Crippen molar-refractivity contribution in [1.29, 1.82) is 0 Å². The van der Waals surface area contributed by atoms with Gasteiger partial charge in [0.25, 0.3) is 0 Å². The molecular weight excluding hydrogens is 296 g/mol. The van der Waals surface area contributed by atoms with Crippen molar-refractivity contribution in [2.45, 2.75) is 70.7 Å². The molecule has 1 aliphatic carbocycles. The lowest BCUT2D eigenvalue weighted by Crippen LogP contribution is -2.47. The summed E-state index contributed by atoms with van der Waals surface area (Å²) in [6.07, 6.45) is 2.07. The Kier molecular flexibility index (Phi) is 6.28. The van der Waals surface area contributed by atoms with Crippen LogP contribution in [0, 0.1) is 11.8 Å². The summed E-state index contributed by atoms with van der Waals surface area (Å²) in [6.45, 7) is 9.78. The van der Waals surface area contributed by atoms with Gasteiger partial charge in [0.1, 0.15) is 5.60 Å². The Morgan fingerprint density at radius 3 is 2.70 bits per heavy atom. The summed E-state index contributed by atoms with van der Waals surface area (Å²) in [4.78, 5) is 11.7. The van der Waals surface area contributed by atoms with Crippen molar-refractivity contribution in [3.63, 3.8) is 0 Å². The lowest BCUT2D eigenvalue weighted by atomic mass is 9.98. The van der Waals surface area contributed by atoms with Crippen molar-refractivity contribution in [1.82, 2.24) is 10.6 Å². The van der Waals surface area contributed by atoms with Gasteiger partial charge < -0.3 is 25.2 Å². The standard InChI is InChI=1S/C17H32N2O4/c1-11(13-7-8-22-10-13)19-14-6-5-12(15(14)20)9-18-16(21)23-17(2,3)4/h11-15,19-20H,5-10H2,1-4H3,(H,18,21)/t11?,12-,13?,14?,15+/m0/s1. The minimum Gasteiger partial charge on any atom is -0.444 e. The van der Waals surface area contributed by atoms with Gasteiger partial charge in [0.05, 0.1) is 12.7 Å². The summed E-state index contributed by atoms with van der Waals surface area (Å²) >= 11 is 0. The van der Waals surface area contributed by atoms with Gasteiger partial charge in [-0.3, -0.25) is 0 Å². The monoisotopic (exact) mass is 328 g/mol. The third kappa shape index (κ3) is 5.62. The second kappa shape index (κ2) is 7.81. The van der Waals surface area contributed by atoms with Gasteiger partial charge in [0.15, 0.2) is 0 Å². The molecule has 0 aromatic heterocycles. The van der Waals surface area contributed by atoms with Gasteiger partial charge in [-0.05, 0) is 52.9 Å². The molecule has 1 saturated carbocycles. The van der Waals surface area contributed by atoms with Crippen molar-refractivity contribution in [2.24, 2.45) is 11.8 Å². The average Bonchev–Trinajstić information content (AvgIpc) is 3.06. The molecule has 2 rings (SSSR count). The second-order valence-electron chi connectivity index (χ2n) is 7.90. The molecule has 1 aliphatic heterocycles. The summed E-state index contributed by atoms with van der Waals surface area (Å²) in [7, 11) is 0. The van der Waals surface area contributed by atoms with Crippen LogP contribution in [0.1, 0.15) is 47.0 Å². The summed E-state index contributed by atoms with van der Waals surface area (Å²) in [5.41, 5.74) is -0.499. The van der Waals surface area contributed by atoms with E-state index >= 15 is 0 Å². The number of hydrogen-bond donors (Lipinski definition) is 3. The fraction of sp³-hybridized carbons (Fsp3) is 0.941. The number of aliphatic hydroxyl groups is 1. The Bertz CT molecular complexity index is 391. The molecule has 0 aromatic rings. The van der Waals surface area contributed by atoms with E-state index in [0.29, 0.717) is 18.5 Å². The molecule has 6 nitrogen and oxygen atoms in total. The number of amides is 1. The molecule has 5 atom stereocenters. The Morgan fingerprint density at radius 2 is 2.09 bits per heavy atom. The number of carbonyl (C=O) groups is 1. The van der Waals surface area contributed by atoms with Crippen molar-refractivity contribution in [3.8, 4) is 0 Å². The maximum absolute atomic E-state index is 11.7. The van der Waals surface area contributed by atoms with Crippen molar-refractivity contribution in [3.05, 3.63) is 0 Å². The normalized spacial score (nSPS) is 32.7. The topological polar surface area (TPSA) is 79.8 Å². The predicted molar refractivity (Wildman–Crippen MR) is 88.3 cm³/mol. The Hall–Kier alpha value is -0.850. The number of carbonyl (C=O) groups excluding carboxylic acids is 1. The van der Waals surface area contributed by atoms with Crippen LogP contribution >= 0.6 is 0 Å². The molecule has 2 fully saturated rings. The van der Waals surface area contributed by atoms with Gasteiger partial charge in [-0.1, -0.05) is 0 Å². The van der Waals surface area contributed by atoms with E-state index in [1.54, 1.807) is 0 Å². The molecule has 0 radical (unpaired) electrons. The van der Waals surface area contributed by atoms with Gasteiger partial charge >= 0.3 is 6.09 Å². The first-order valence-electron chi connectivity index (χ1n) is 8.75. The van der Waals surface area contributed by atoms with Crippen LogP contribution in [0.15, 0.2) is 0 Å². The van der Waals surface area contributed by atoms with E-state index in [2.05, 4.69) is 17.6 Å². The first kappa shape index (κ1) is 18.5. The van der Waals surface area contributed by atoms with Gasteiger partial charge in [-0.15, -0.1) is 0 Å². The number of rotatable bonds is 5. The predicted octanol–water partition coefficient (Wildman–Crippen LogP) is 1.67. The molecule has 6 heteroatoms. The first-order valence-corrected chi connectivity index (χ1v) is 8.75. The number of aliphatic hydroxyl groups excluding tert-OH is 1. The van der Waals surface area contributed by atoms with Crippen LogP contribution in [0.2, 0.25) is 0 Å². The zero-order valence-corrected chi connectivity index (χ0v) is 14.8. The fourth-order valence-electron chi connectivity index (χ4n) is 3.42. The SMILES string of the molecule is CC(NC1CC[C@@H](CNC(=O)OC(C)(C)C)[C@H]1O)C1CCOC1. The van der Waals surface area contributed by atoms with E-state index < -0.39 is 17.8 Å². The maximum Gasteiger partial charge on any atom is 0.407 e. The van der Waals surface area contributed by atoms with E-state index in [0.717, 1.165) is 32.5 Å². The quantitative estimate of drug-likeness (QED) is 0.715. The van der Waals surface area contributed by atoms with Crippen molar-refractivity contribution >= 4 is 6.09 Å². The van der Waals surface area contributed by atoms with E-state index in [9.17, 15) is 9.90 Å². The first-order chi connectivity index (χ1) is 10.8. The molecule has 1 saturated heterocycles. The van der Waals surface area contributed by atoms with E-state index in [4.69, 9.17) is 9.47 Å². The van der Waals surface area contributed by atoms with Crippen LogP contribution in [0.3, 0.4) is 0 Å². The highest BCUT2D eigenvalue weighted by Crippen LogP contribution is 2.27. The Labute approximate surface area is 139 Å². The minimum absolute atomic E-state index is 0.0760. The molecule has 1 amide bonds. The molecule has 0 aromatic carbocycles. The third-order valence-electron chi connectivity index (χ3n) is 4.80. The number of hydrogen-bond acceptors (Lipinski definition) is 5. The Balaban J connectivity index is 1.73. The molecule has 0 spiro atoms. The van der Waals surface area contributed by atoms with Crippen LogP contribution in [-0.4, -0.2) is 54.7 Å². The highest BCUT2D eigenvalue weighted by Gasteiger charge is 2.36. The zero-order valence-electron chi connectivity index (χ0n) is 14.8. The van der Waals surface area contributed by atoms with Crippen LogP contribution in [0.25, 0.3) is 0 Å². The summed E-state index contributed by atoms with van der Waals surface area (Å²) in [5, 5.41) is 16.8. The lowest BCUT2D eigenvalue weighted by Gasteiger charge is -2.27. The van der Waals surface area contributed by atoms with Gasteiger partial charge in [-0.2, -0.15) is 0 Å². The molecule has 3 unspecified atom stereocenters. The van der Waals surface area contributed by atoms with Gasteiger partial charge in [0, 0.05) is 31.2 Å². The summed E-state index contributed by atoms with van der Waals surface area (Å²) in [6, 6.07) is 0.436. The van der Waals surface area contributed by atoms with Crippen LogP contribution in [0.4, 0.5) is 4.79 Å². The van der Waals surface area contributed by atoms with Crippen LogP contribution in [-0.2, 0) is 9.47 Å². The molecule has 0 bridgehead atoms. The molecule has 1 heterocycles. The molecule has 2 aliphatic rings. The molecular formula is C17H32N2O4. The van der Waals surface area contributed by atoms with E-state index in [1.165, 1.54) is 0 Å². The maximum atomic E-state index is 11.7. The van der Waals surface area contributed by atoms with Gasteiger partial charge in [-0.25, -0.2) is 4.79 Å². The highest BCUT2D eigenvalue weighted by atomic mass is 16.6. The molecule has 23 heavy (non-hydrogen) atoms. The Morgan fingerprint density at radius 1 is 1.35 bits per heavy atom. The fourth-order valence-corrected chi connectivity index (χ4v) is 3.42. The minimum atomic E-state index is -0.499. The van der Waals surface area contributed by atoms with E-state index in [1.807, 2.05) is 20.8 Å². The average molecular weight is 328 g/mol. The number of nitrogens with one attached hydrogen (secondary N) is 2. The second-order valence-corrected chi connectivity index (χ2v) is 7.90. The lowest BCUT2D eigenvalue weighted by molar-refractivity contribution is 0.0487. The molecule has 3 N–H and O–H groups in total. The van der Waals surface area contributed by atoms with Crippen LogP contribution < -0.4 is 10.6 Å². The smallest absolute Gasteiger partial charge is 0.407 e. The summed E-state index contributed by atoms with van der Waals surface area (Å²) in [5.74, 6) is 0.605. The summed E-state index contributed by atoms with van der Waals surface area (Å²) < 4.78 is 10.7. The van der Waals surface area contributed by atoms with Gasteiger partial charge in [0.2, 0.25) is 0 Å². The third-order valence-corrected chi connectivity index (χ3v) is 4.80. The highest BCUT2D eigenvalue weighted by molar-refractivity contribution is 5.67. The van der Waals surface area contributed by atoms with E-state index in [-0.39, 0.29) is 12.0 Å². The van der Waals surface area contributed by atoms with Crippen molar-refractivity contribution < 1.29 is 19.4 Å². The van der Waals surface area contributed by atoms with Crippen LogP contribution in [0.5, 0.6) is 0 Å². The number of ether oxygens (including phenoxy) is 2. The molecule has 134 valence electrons. The largest absolute Gasteiger partial charge is 0.444 e.